The number of hydrogen-bond donors (Lipinski definition) is 2. The van der Waals surface area contributed by atoms with Crippen LogP contribution in [0, 0.1) is 0 Å². The summed E-state index contributed by atoms with van der Waals surface area (Å²) in [4.78, 5) is 17.4. The van der Waals surface area contributed by atoms with Crippen molar-refractivity contribution in [2.45, 2.75) is 0 Å². The molecule has 0 spiro atoms. The predicted octanol–water partition coefficient (Wildman–Crippen LogP) is 1.08. The Bertz CT molecular complexity index is 416. The number of nitrogens with zero attached hydrogens (tertiary/aromatic N) is 1. The standard InChI is InChI=1S/C6H3BrN2O2Se/c7-6-9-2-1-3(5(10)11)8-4(2)12-6/h1,8H,(H,10,11). The molecule has 2 aromatic heterocycles. The molecule has 0 radical (unpaired) electrons. The molecule has 0 atom stereocenters. The van der Waals surface area contributed by atoms with Gasteiger partial charge in [0.15, 0.2) is 0 Å². The molecule has 6 heteroatoms. The van der Waals surface area contributed by atoms with Crippen LogP contribution < -0.4 is 0 Å². The molecule has 0 aromatic carbocycles. The van der Waals surface area contributed by atoms with Gasteiger partial charge in [0.1, 0.15) is 0 Å². The fourth-order valence-electron chi connectivity index (χ4n) is 0.902. The first-order valence-corrected chi connectivity index (χ1v) is 5.56. The molecule has 0 unspecified atom stereocenters. The van der Waals surface area contributed by atoms with E-state index in [4.69, 9.17) is 5.11 Å². The monoisotopic (exact) mass is 294 g/mol. The molecule has 0 saturated heterocycles. The van der Waals surface area contributed by atoms with Gasteiger partial charge >= 0.3 is 81.4 Å². The quantitative estimate of drug-likeness (QED) is 0.773. The molecular formula is C6H3BrN2O2Se. The molecule has 0 fully saturated rings. The van der Waals surface area contributed by atoms with Crippen LogP contribution in [0.1, 0.15) is 10.5 Å². The van der Waals surface area contributed by atoms with Crippen molar-refractivity contribution in [3.63, 3.8) is 0 Å². The second kappa shape index (κ2) is 2.72. The Morgan fingerprint density at radius 2 is 2.50 bits per heavy atom. The number of rotatable bonds is 1. The maximum absolute atomic E-state index is 10.5. The van der Waals surface area contributed by atoms with Gasteiger partial charge in [-0.3, -0.25) is 0 Å². The van der Waals surface area contributed by atoms with E-state index in [0.29, 0.717) is 0 Å². The summed E-state index contributed by atoms with van der Waals surface area (Å²) in [6.45, 7) is 0. The SMILES string of the molecule is O=C(O)c1cc2nc(Br)[se]c2[nH]1. The Morgan fingerprint density at radius 3 is 3.08 bits per heavy atom. The average molecular weight is 294 g/mol. The van der Waals surface area contributed by atoms with Crippen LogP contribution in [-0.2, 0) is 0 Å². The fourth-order valence-corrected chi connectivity index (χ4v) is 3.37. The van der Waals surface area contributed by atoms with Crippen LogP contribution in [0.25, 0.3) is 9.91 Å². The summed E-state index contributed by atoms with van der Waals surface area (Å²) < 4.78 is 1.82. The summed E-state index contributed by atoms with van der Waals surface area (Å²) in [5, 5.41) is 8.62. The zero-order valence-electron chi connectivity index (χ0n) is 5.67. The molecule has 0 aliphatic rings. The van der Waals surface area contributed by atoms with E-state index in [1.165, 1.54) is 0 Å². The maximum atomic E-state index is 10.5. The number of carboxylic acid groups (broad SMARTS) is 1. The summed E-state index contributed by atoms with van der Waals surface area (Å²) >= 11 is 3.38. The minimum atomic E-state index is -0.938. The van der Waals surface area contributed by atoms with Gasteiger partial charge in [0.2, 0.25) is 0 Å². The van der Waals surface area contributed by atoms with Gasteiger partial charge in [-0.1, -0.05) is 0 Å². The summed E-state index contributed by atoms with van der Waals surface area (Å²) in [6.07, 6.45) is 0. The van der Waals surface area contributed by atoms with Crippen molar-refractivity contribution in [1.29, 1.82) is 0 Å². The number of aromatic carboxylic acids is 1. The first kappa shape index (κ1) is 8.04. The number of carbonyl (C=O) groups is 1. The van der Waals surface area contributed by atoms with Crippen LogP contribution in [-0.4, -0.2) is 35.5 Å². The Balaban J connectivity index is 2.64. The summed E-state index contributed by atoms with van der Waals surface area (Å²) in [7, 11) is 0. The number of aromatic nitrogens is 2. The third-order valence-electron chi connectivity index (χ3n) is 1.39. The van der Waals surface area contributed by atoms with E-state index in [-0.39, 0.29) is 20.2 Å². The molecule has 2 rings (SSSR count). The second-order valence-electron chi connectivity index (χ2n) is 2.17. The van der Waals surface area contributed by atoms with Crippen LogP contribution in [0.3, 0.4) is 0 Å². The Labute approximate surface area is 81.5 Å². The molecule has 0 saturated carbocycles. The van der Waals surface area contributed by atoms with E-state index in [0.717, 1.165) is 13.4 Å². The van der Waals surface area contributed by atoms with Crippen LogP contribution in [0.2, 0.25) is 0 Å². The van der Waals surface area contributed by atoms with Gasteiger partial charge in [0.05, 0.1) is 0 Å². The van der Waals surface area contributed by atoms with Gasteiger partial charge in [-0.2, -0.15) is 0 Å². The summed E-state index contributed by atoms with van der Waals surface area (Å²) in [6, 6.07) is 1.55. The summed E-state index contributed by atoms with van der Waals surface area (Å²) in [5.74, 6) is -0.938. The zero-order valence-corrected chi connectivity index (χ0v) is 8.97. The van der Waals surface area contributed by atoms with Gasteiger partial charge in [-0.15, -0.1) is 0 Å². The molecular weight excluding hydrogens is 291 g/mol. The minimum absolute atomic E-state index is 0.114. The van der Waals surface area contributed by atoms with Crippen LogP contribution >= 0.6 is 15.9 Å². The van der Waals surface area contributed by atoms with Crippen molar-refractivity contribution in [2.24, 2.45) is 0 Å². The molecule has 0 aliphatic heterocycles. The molecule has 62 valence electrons. The fraction of sp³-hybridized carbons (Fsp3) is 0. The Hall–Kier alpha value is -0.581. The number of H-pyrrole nitrogens is 1. The molecule has 12 heavy (non-hydrogen) atoms. The molecule has 2 N–H and O–H groups in total. The van der Waals surface area contributed by atoms with E-state index < -0.39 is 5.97 Å². The van der Waals surface area contributed by atoms with Crippen molar-refractivity contribution in [3.05, 3.63) is 15.2 Å². The van der Waals surface area contributed by atoms with E-state index >= 15 is 0 Å². The molecule has 2 aromatic rings. The Kier molecular flexibility index (Phi) is 1.83. The van der Waals surface area contributed by atoms with Crippen LogP contribution in [0.4, 0.5) is 0 Å². The molecule has 0 aliphatic carbocycles. The molecule has 0 amide bonds. The normalized spacial score (nSPS) is 10.8. The van der Waals surface area contributed by atoms with Gasteiger partial charge in [-0.25, -0.2) is 0 Å². The number of halogens is 1. The molecule has 2 heterocycles. The third kappa shape index (κ3) is 1.22. The van der Waals surface area contributed by atoms with Gasteiger partial charge in [0, 0.05) is 0 Å². The van der Waals surface area contributed by atoms with Crippen molar-refractivity contribution in [2.75, 3.05) is 0 Å². The number of fused-ring (bicyclic) bond motifs is 1. The second-order valence-corrected chi connectivity index (χ2v) is 6.20. The number of aromatic amines is 1. The van der Waals surface area contributed by atoms with Crippen molar-refractivity contribution < 1.29 is 9.90 Å². The number of hydrogen-bond acceptors (Lipinski definition) is 2. The van der Waals surface area contributed by atoms with Gasteiger partial charge in [0.25, 0.3) is 0 Å². The summed E-state index contributed by atoms with van der Waals surface area (Å²) in [5.41, 5.74) is 0.963. The number of nitrogens with one attached hydrogen (secondary N) is 1. The average Bonchev–Trinajstić information content (AvgIpc) is 2.42. The Morgan fingerprint density at radius 1 is 1.75 bits per heavy atom. The third-order valence-corrected chi connectivity index (χ3v) is 4.03. The van der Waals surface area contributed by atoms with Crippen molar-refractivity contribution >= 4 is 46.3 Å². The van der Waals surface area contributed by atoms with Gasteiger partial charge in [-0.05, 0) is 0 Å². The molecule has 4 nitrogen and oxygen atoms in total. The van der Waals surface area contributed by atoms with E-state index in [1.807, 2.05) is 0 Å². The van der Waals surface area contributed by atoms with E-state index in [1.54, 1.807) is 6.07 Å². The van der Waals surface area contributed by atoms with E-state index in [9.17, 15) is 4.79 Å². The first-order valence-electron chi connectivity index (χ1n) is 3.05. The van der Waals surface area contributed by atoms with Crippen LogP contribution in [0.5, 0.6) is 0 Å². The number of carboxylic acids is 1. The van der Waals surface area contributed by atoms with Crippen molar-refractivity contribution in [1.82, 2.24) is 9.97 Å². The van der Waals surface area contributed by atoms with Crippen LogP contribution in [0.15, 0.2) is 9.54 Å². The molecule has 0 bridgehead atoms. The zero-order chi connectivity index (χ0) is 8.72. The van der Waals surface area contributed by atoms with Gasteiger partial charge < -0.3 is 0 Å². The topological polar surface area (TPSA) is 66.0 Å². The predicted molar refractivity (Wildman–Crippen MR) is 47.7 cm³/mol. The first-order chi connectivity index (χ1) is 5.66. The van der Waals surface area contributed by atoms with Crippen molar-refractivity contribution in [3.8, 4) is 0 Å². The van der Waals surface area contributed by atoms with E-state index in [2.05, 4.69) is 25.9 Å².